The zero-order chi connectivity index (χ0) is 34.5. The average Bonchev–Trinajstić information content (AvgIpc) is 3.61. The quantitative estimate of drug-likeness (QED) is 0.141. The molecule has 2 radical (unpaired) electrons. The highest BCUT2D eigenvalue weighted by Gasteiger charge is 2.56. The first-order valence-corrected chi connectivity index (χ1v) is 16.7. The van der Waals surface area contributed by atoms with Gasteiger partial charge in [-0.05, 0) is 76.9 Å². The maximum atomic E-state index is 13.5. The van der Waals surface area contributed by atoms with Crippen LogP contribution in [0.25, 0.3) is 11.3 Å². The number of hydrogen-bond acceptors (Lipinski definition) is 10. The summed E-state index contributed by atoms with van der Waals surface area (Å²) < 4.78 is 19.7. The van der Waals surface area contributed by atoms with E-state index < -0.39 is 53.1 Å². The smallest absolute Gasteiger partial charge is 0.410 e. The summed E-state index contributed by atoms with van der Waals surface area (Å²) in [5.41, 5.74) is 6.29. The third-order valence-electron chi connectivity index (χ3n) is 10.1. The molecule has 0 unspecified atom stereocenters. The number of fused-ring (bicyclic) bond motifs is 1. The highest BCUT2D eigenvalue weighted by Crippen LogP contribution is 2.39. The molecular formula is C34H51BN6O6. The number of aryl methyl sites for hydroxylation is 1. The summed E-state index contributed by atoms with van der Waals surface area (Å²) in [6, 6.07) is 7.08. The lowest BCUT2D eigenvalue weighted by Crippen LogP contribution is -2.57. The van der Waals surface area contributed by atoms with Crippen molar-refractivity contribution in [3.05, 3.63) is 30.5 Å². The number of rotatable bonds is 8. The Labute approximate surface area is 279 Å². The Morgan fingerprint density at radius 2 is 1.85 bits per heavy atom. The number of unbranched alkanes of at least 4 members (excludes halogenated alkanes) is 1. The van der Waals surface area contributed by atoms with Crippen LogP contribution in [0.3, 0.4) is 0 Å². The minimum Gasteiger partial charge on any atom is -0.458 e. The number of ether oxygens (including phenoxy) is 3. The van der Waals surface area contributed by atoms with Gasteiger partial charge >= 0.3 is 12.1 Å². The molecule has 2 aliphatic rings. The number of carbonyl (C=O) groups excluding carboxylic acids is 3. The number of carbonyl (C=O) groups is 3. The standard InChI is InChI=1S/C34H51BN6O6/c1-8-28-34(6)27(19-37-18-21(2)17-33(5,45-7)30(35)22(3)29(42)23(4)31(43)46-28)41(32(44)47-34)15-10-9-14-40-20-26(38-39-40)24-12-11-13-25(36)16-24/h11-13,16,20-23,27-28,30,37H,8-10,14-15,17-19,36H2,1-7H3/t21-,22+,23-,27-,28-,30-,33-,34+/m1/s1. The second kappa shape index (κ2) is 15.2. The molecule has 2 saturated heterocycles. The summed E-state index contributed by atoms with van der Waals surface area (Å²) in [6.45, 7) is 13.1. The van der Waals surface area contributed by atoms with Crippen LogP contribution in [-0.2, 0) is 30.3 Å². The summed E-state index contributed by atoms with van der Waals surface area (Å²) in [5.74, 6) is -3.14. The van der Waals surface area contributed by atoms with Crippen LogP contribution in [0.5, 0.6) is 0 Å². The highest BCUT2D eigenvalue weighted by molar-refractivity contribution is 6.15. The number of ketones is 1. The van der Waals surface area contributed by atoms with Crippen molar-refractivity contribution in [3.8, 4) is 11.3 Å². The van der Waals surface area contributed by atoms with Gasteiger partial charge in [0, 0.05) is 43.9 Å². The molecule has 0 aliphatic carbocycles. The predicted molar refractivity (Wildman–Crippen MR) is 180 cm³/mol. The van der Waals surface area contributed by atoms with Crippen LogP contribution in [0.15, 0.2) is 30.5 Å². The molecule has 47 heavy (non-hydrogen) atoms. The van der Waals surface area contributed by atoms with E-state index in [1.165, 1.54) is 0 Å². The van der Waals surface area contributed by atoms with Gasteiger partial charge in [-0.1, -0.05) is 38.1 Å². The molecule has 0 spiro atoms. The Bertz CT molecular complexity index is 1410. The molecule has 4 rings (SSSR count). The Morgan fingerprint density at radius 3 is 2.53 bits per heavy atom. The van der Waals surface area contributed by atoms with E-state index in [2.05, 4.69) is 22.6 Å². The first-order chi connectivity index (χ1) is 22.2. The predicted octanol–water partition coefficient (Wildman–Crippen LogP) is 4.04. The van der Waals surface area contributed by atoms with E-state index in [0.29, 0.717) is 51.1 Å². The lowest BCUT2D eigenvalue weighted by molar-refractivity contribution is -0.169. The molecule has 3 N–H and O–H groups in total. The largest absolute Gasteiger partial charge is 0.458 e. The van der Waals surface area contributed by atoms with Crippen LogP contribution >= 0.6 is 0 Å². The summed E-state index contributed by atoms with van der Waals surface area (Å²) in [7, 11) is 8.22. The SMILES string of the molecule is [B][C@@H]1[C@@H](C)C(=O)[C@@H](C)C(=O)O[C@H](CC)[C@@]2(C)OC(=O)N(CCCCn3cc(-c4cccc(N)c4)nn3)[C@@H]2CNC[C@H](C)C[C@@]1(C)OC. The molecule has 2 aromatic rings. The number of nitrogens with one attached hydrogen (secondary N) is 1. The van der Waals surface area contributed by atoms with Gasteiger partial charge < -0.3 is 25.3 Å². The summed E-state index contributed by atoms with van der Waals surface area (Å²) in [4.78, 5) is 42.0. The van der Waals surface area contributed by atoms with Gasteiger partial charge in [0.1, 0.15) is 23.5 Å². The van der Waals surface area contributed by atoms with Gasteiger partial charge in [-0.15, -0.1) is 5.10 Å². The number of cyclic esters (lactones) is 1. The molecule has 12 nitrogen and oxygen atoms in total. The fourth-order valence-electron chi connectivity index (χ4n) is 7.04. The zero-order valence-corrected chi connectivity index (χ0v) is 28.9. The van der Waals surface area contributed by atoms with Crippen molar-refractivity contribution in [2.45, 2.75) is 103 Å². The van der Waals surface area contributed by atoms with Crippen molar-refractivity contribution in [2.24, 2.45) is 17.8 Å². The van der Waals surface area contributed by atoms with Crippen LogP contribution in [-0.4, -0.2) is 95.7 Å². The molecular weight excluding hydrogens is 599 g/mol. The highest BCUT2D eigenvalue weighted by atomic mass is 16.6. The molecule has 3 heterocycles. The third kappa shape index (κ3) is 8.00. The minimum absolute atomic E-state index is 0.133. The number of aromatic nitrogens is 3. The zero-order valence-electron chi connectivity index (χ0n) is 28.9. The number of methoxy groups -OCH3 is 1. The molecule has 0 bridgehead atoms. The van der Waals surface area contributed by atoms with E-state index in [0.717, 1.165) is 17.7 Å². The fraction of sp³-hybridized carbons (Fsp3) is 0.676. The molecule has 13 heteroatoms. The maximum absolute atomic E-state index is 13.5. The lowest BCUT2D eigenvalue weighted by atomic mass is 9.62. The number of esters is 1. The molecule has 8 atom stereocenters. The van der Waals surface area contributed by atoms with Crippen molar-refractivity contribution in [2.75, 3.05) is 32.5 Å². The van der Waals surface area contributed by atoms with Gasteiger partial charge in [-0.3, -0.25) is 19.2 Å². The van der Waals surface area contributed by atoms with Crippen molar-refractivity contribution in [1.29, 1.82) is 0 Å². The van der Waals surface area contributed by atoms with Crippen LogP contribution in [0.1, 0.15) is 67.2 Å². The number of amides is 1. The Kier molecular flexibility index (Phi) is 11.8. The first-order valence-electron chi connectivity index (χ1n) is 16.7. The van der Waals surface area contributed by atoms with Crippen molar-refractivity contribution in [3.63, 3.8) is 0 Å². The number of benzene rings is 1. The number of hydrogen-bond donors (Lipinski definition) is 2. The molecule has 0 saturated carbocycles. The average molecular weight is 651 g/mol. The summed E-state index contributed by atoms with van der Waals surface area (Å²) >= 11 is 0. The van der Waals surface area contributed by atoms with E-state index in [4.69, 9.17) is 27.8 Å². The molecule has 1 aromatic carbocycles. The Morgan fingerprint density at radius 1 is 1.13 bits per heavy atom. The molecule has 1 aromatic heterocycles. The van der Waals surface area contributed by atoms with E-state index in [1.54, 1.807) is 30.5 Å². The molecule has 2 aliphatic heterocycles. The van der Waals surface area contributed by atoms with Crippen molar-refractivity contribution in [1.82, 2.24) is 25.2 Å². The number of Topliss-reactive ketones (excluding diaryl/α,β-unsaturated/α-hetero) is 1. The van der Waals surface area contributed by atoms with Gasteiger partial charge in [-0.25, -0.2) is 4.79 Å². The minimum atomic E-state index is -1.14. The second-order valence-electron chi connectivity index (χ2n) is 13.7. The van der Waals surface area contributed by atoms with E-state index in [9.17, 15) is 14.4 Å². The third-order valence-corrected chi connectivity index (χ3v) is 10.1. The topological polar surface area (TPSA) is 151 Å². The van der Waals surface area contributed by atoms with E-state index >= 15 is 0 Å². The lowest BCUT2D eigenvalue weighted by Gasteiger charge is -2.40. The van der Waals surface area contributed by atoms with Gasteiger partial charge in [0.15, 0.2) is 5.60 Å². The van der Waals surface area contributed by atoms with Gasteiger partial charge in [0.2, 0.25) is 0 Å². The molecule has 256 valence electrons. The Balaban J connectivity index is 1.50. The van der Waals surface area contributed by atoms with Crippen LogP contribution in [0.4, 0.5) is 10.5 Å². The van der Waals surface area contributed by atoms with E-state index in [-0.39, 0.29) is 11.7 Å². The van der Waals surface area contributed by atoms with Gasteiger partial charge in [-0.2, -0.15) is 0 Å². The van der Waals surface area contributed by atoms with E-state index in [1.807, 2.05) is 51.2 Å². The van der Waals surface area contributed by atoms with Crippen molar-refractivity contribution >= 4 is 31.4 Å². The maximum Gasteiger partial charge on any atom is 0.410 e. The van der Waals surface area contributed by atoms with Crippen LogP contribution < -0.4 is 11.1 Å². The fourth-order valence-corrected chi connectivity index (χ4v) is 7.04. The van der Waals surface area contributed by atoms with Gasteiger partial charge in [0.25, 0.3) is 0 Å². The van der Waals surface area contributed by atoms with Gasteiger partial charge in [0.05, 0.1) is 25.7 Å². The monoisotopic (exact) mass is 650 g/mol. The Hall–Kier alpha value is -3.45. The summed E-state index contributed by atoms with van der Waals surface area (Å²) in [6.07, 6.45) is 3.09. The van der Waals surface area contributed by atoms with Crippen LogP contribution in [0, 0.1) is 17.8 Å². The second-order valence-corrected chi connectivity index (χ2v) is 13.7. The molecule has 2 fully saturated rings. The normalized spacial score (nSPS) is 32.7. The van der Waals surface area contributed by atoms with Crippen molar-refractivity contribution < 1.29 is 28.6 Å². The number of nitrogens with two attached hydrogens (primary N) is 1. The summed E-state index contributed by atoms with van der Waals surface area (Å²) in [5, 5.41) is 12.1. The number of nitrogens with zero attached hydrogens (tertiary/aromatic N) is 4. The number of nitrogen functional groups attached to an aromatic ring is 1. The van der Waals surface area contributed by atoms with Crippen LogP contribution in [0.2, 0.25) is 5.82 Å². The number of anilines is 1. The first kappa shape index (κ1) is 36.4. The molecule has 1 amide bonds.